The molecule has 0 aliphatic heterocycles. The maximum Gasteiger partial charge on any atom is 0.306 e. The first kappa shape index (κ1) is 22.1. The summed E-state index contributed by atoms with van der Waals surface area (Å²) in [5.74, 6) is 0.229. The standard InChI is InChI=1S/C20H28BrNO4S/c1-15(2)26-20(23)7-5-3-4-6-16-8-11-18(14-16)22-27(24,25)19-12-9-17(21)10-13-19/h4,6,9-10,12-13,15-16,18,22H,3,5,7-8,11,14H2,1-2H3. The van der Waals surface area contributed by atoms with Crippen LogP contribution >= 0.6 is 15.9 Å². The van der Waals surface area contributed by atoms with Gasteiger partial charge in [-0.05, 0) is 76.1 Å². The molecule has 2 atom stereocenters. The summed E-state index contributed by atoms with van der Waals surface area (Å²) in [7, 11) is -3.48. The molecular formula is C20H28BrNO4S. The Hall–Kier alpha value is -1.18. The smallest absolute Gasteiger partial charge is 0.306 e. The van der Waals surface area contributed by atoms with Gasteiger partial charge in [-0.15, -0.1) is 0 Å². The number of nitrogens with one attached hydrogen (secondary N) is 1. The van der Waals surface area contributed by atoms with Crippen LogP contribution in [-0.4, -0.2) is 26.5 Å². The molecule has 7 heteroatoms. The molecule has 1 N–H and O–H groups in total. The number of unbranched alkanes of at least 4 members (excludes halogenated alkanes) is 1. The molecule has 0 radical (unpaired) electrons. The lowest BCUT2D eigenvalue weighted by Crippen LogP contribution is -2.32. The lowest BCUT2D eigenvalue weighted by atomic mass is 10.1. The summed E-state index contributed by atoms with van der Waals surface area (Å²) in [4.78, 5) is 11.8. The number of hydrogen-bond donors (Lipinski definition) is 1. The highest BCUT2D eigenvalue weighted by Gasteiger charge is 2.27. The van der Waals surface area contributed by atoms with Crippen molar-refractivity contribution in [2.75, 3.05) is 0 Å². The van der Waals surface area contributed by atoms with Crippen LogP contribution in [0, 0.1) is 5.92 Å². The molecule has 0 amide bonds. The lowest BCUT2D eigenvalue weighted by molar-refractivity contribution is -0.147. The van der Waals surface area contributed by atoms with Gasteiger partial charge in [-0.1, -0.05) is 28.1 Å². The molecule has 0 saturated heterocycles. The number of benzene rings is 1. The van der Waals surface area contributed by atoms with Crippen LogP contribution < -0.4 is 4.72 Å². The van der Waals surface area contributed by atoms with Gasteiger partial charge in [0.25, 0.3) is 0 Å². The number of halogens is 1. The van der Waals surface area contributed by atoms with E-state index in [2.05, 4.69) is 32.8 Å². The summed E-state index contributed by atoms with van der Waals surface area (Å²) in [5.41, 5.74) is 0. The van der Waals surface area contributed by atoms with E-state index in [-0.39, 0.29) is 23.0 Å². The Morgan fingerprint density at radius 2 is 2.00 bits per heavy atom. The van der Waals surface area contributed by atoms with Crippen LogP contribution in [0.1, 0.15) is 52.4 Å². The van der Waals surface area contributed by atoms with Gasteiger partial charge in [0, 0.05) is 16.9 Å². The van der Waals surface area contributed by atoms with E-state index >= 15 is 0 Å². The fourth-order valence-corrected chi connectivity index (χ4v) is 4.72. The molecule has 5 nitrogen and oxygen atoms in total. The van der Waals surface area contributed by atoms with Crippen molar-refractivity contribution >= 4 is 31.9 Å². The molecule has 1 aliphatic rings. The van der Waals surface area contributed by atoms with Crippen LogP contribution in [0.3, 0.4) is 0 Å². The number of hydrogen-bond acceptors (Lipinski definition) is 4. The summed E-state index contributed by atoms with van der Waals surface area (Å²) in [6.45, 7) is 3.69. The first-order valence-corrected chi connectivity index (χ1v) is 11.7. The van der Waals surface area contributed by atoms with Crippen molar-refractivity contribution in [1.82, 2.24) is 4.72 Å². The van der Waals surface area contributed by atoms with Crippen LogP contribution in [0.15, 0.2) is 45.8 Å². The molecule has 0 heterocycles. The van der Waals surface area contributed by atoms with E-state index in [1.807, 2.05) is 13.8 Å². The highest BCUT2D eigenvalue weighted by atomic mass is 79.9. The van der Waals surface area contributed by atoms with E-state index in [9.17, 15) is 13.2 Å². The molecule has 1 fully saturated rings. The second kappa shape index (κ2) is 10.4. The molecule has 2 rings (SSSR count). The molecule has 1 aliphatic carbocycles. The molecule has 1 saturated carbocycles. The van der Waals surface area contributed by atoms with Gasteiger partial charge in [0.05, 0.1) is 11.0 Å². The van der Waals surface area contributed by atoms with Crippen LogP contribution in [0.25, 0.3) is 0 Å². The van der Waals surface area contributed by atoms with E-state index in [4.69, 9.17) is 4.74 Å². The predicted octanol–water partition coefficient (Wildman–Crippen LogP) is 4.57. The van der Waals surface area contributed by atoms with Crippen molar-refractivity contribution in [2.45, 2.75) is 69.4 Å². The second-order valence-electron chi connectivity index (χ2n) is 7.20. The maximum absolute atomic E-state index is 12.5. The van der Waals surface area contributed by atoms with E-state index in [0.29, 0.717) is 12.3 Å². The monoisotopic (exact) mass is 457 g/mol. The zero-order valence-corrected chi connectivity index (χ0v) is 18.3. The fraction of sp³-hybridized carbons (Fsp3) is 0.550. The summed E-state index contributed by atoms with van der Waals surface area (Å²) in [5, 5.41) is 0. The normalized spacial score (nSPS) is 20.4. The third kappa shape index (κ3) is 7.76. The summed E-state index contributed by atoms with van der Waals surface area (Å²) in [6.07, 6.45) is 8.84. The summed E-state index contributed by atoms with van der Waals surface area (Å²) < 4.78 is 33.7. The Labute approximate surface area is 170 Å². The summed E-state index contributed by atoms with van der Waals surface area (Å²) in [6, 6.07) is 6.62. The van der Waals surface area contributed by atoms with Gasteiger partial charge in [0.2, 0.25) is 10.0 Å². The molecule has 1 aromatic carbocycles. The molecular weight excluding hydrogens is 430 g/mol. The number of carbonyl (C=O) groups excluding carboxylic acids is 1. The van der Waals surface area contributed by atoms with Crippen molar-refractivity contribution in [1.29, 1.82) is 0 Å². The first-order valence-electron chi connectivity index (χ1n) is 9.40. The largest absolute Gasteiger partial charge is 0.463 e. The minimum Gasteiger partial charge on any atom is -0.463 e. The van der Waals surface area contributed by atoms with Crippen LogP contribution in [0.2, 0.25) is 0 Å². The number of ether oxygens (including phenoxy) is 1. The predicted molar refractivity (Wildman–Crippen MR) is 110 cm³/mol. The van der Waals surface area contributed by atoms with Crippen LogP contribution in [0.4, 0.5) is 0 Å². The van der Waals surface area contributed by atoms with Crippen molar-refractivity contribution in [3.8, 4) is 0 Å². The third-order valence-electron chi connectivity index (χ3n) is 4.45. The Balaban J connectivity index is 1.73. The Bertz CT molecular complexity index is 744. The Morgan fingerprint density at radius 3 is 2.67 bits per heavy atom. The zero-order valence-electron chi connectivity index (χ0n) is 15.9. The van der Waals surface area contributed by atoms with E-state index in [1.54, 1.807) is 24.3 Å². The number of esters is 1. The Kier molecular flexibility index (Phi) is 8.51. The SMILES string of the molecule is CC(C)OC(=O)CCCC=CC1CCC(NS(=O)(=O)c2ccc(Br)cc2)C1. The third-order valence-corrected chi connectivity index (χ3v) is 6.51. The quantitative estimate of drug-likeness (QED) is 0.334. The minimum atomic E-state index is -3.48. The molecule has 2 unspecified atom stereocenters. The molecule has 0 bridgehead atoms. The second-order valence-corrected chi connectivity index (χ2v) is 9.83. The molecule has 150 valence electrons. The molecule has 0 spiro atoms. The number of sulfonamides is 1. The fourth-order valence-electron chi connectivity index (χ4n) is 3.17. The van der Waals surface area contributed by atoms with E-state index in [1.165, 1.54) is 0 Å². The van der Waals surface area contributed by atoms with Gasteiger partial charge in [0.1, 0.15) is 0 Å². The van der Waals surface area contributed by atoms with Gasteiger partial charge in [0.15, 0.2) is 0 Å². The van der Waals surface area contributed by atoms with Crippen molar-refractivity contribution in [3.63, 3.8) is 0 Å². The van der Waals surface area contributed by atoms with Crippen molar-refractivity contribution in [3.05, 3.63) is 40.9 Å². The van der Waals surface area contributed by atoms with E-state index < -0.39 is 10.0 Å². The minimum absolute atomic E-state index is 0.0330. The van der Waals surface area contributed by atoms with Crippen molar-refractivity contribution < 1.29 is 17.9 Å². The maximum atomic E-state index is 12.5. The Morgan fingerprint density at radius 1 is 1.30 bits per heavy atom. The van der Waals surface area contributed by atoms with Gasteiger partial charge in [-0.2, -0.15) is 0 Å². The van der Waals surface area contributed by atoms with Gasteiger partial charge < -0.3 is 4.74 Å². The van der Waals surface area contributed by atoms with Crippen LogP contribution in [-0.2, 0) is 19.6 Å². The number of rotatable bonds is 9. The number of carbonyl (C=O) groups is 1. The molecule has 0 aromatic heterocycles. The van der Waals surface area contributed by atoms with Gasteiger partial charge in [-0.3, -0.25) is 4.79 Å². The molecule has 1 aromatic rings. The topological polar surface area (TPSA) is 72.5 Å². The van der Waals surface area contributed by atoms with Crippen LogP contribution in [0.5, 0.6) is 0 Å². The zero-order chi connectivity index (χ0) is 19.9. The van der Waals surface area contributed by atoms with Crippen molar-refractivity contribution in [2.24, 2.45) is 5.92 Å². The average Bonchev–Trinajstić information content (AvgIpc) is 3.01. The highest BCUT2D eigenvalue weighted by Crippen LogP contribution is 2.28. The van der Waals surface area contributed by atoms with Gasteiger partial charge >= 0.3 is 5.97 Å². The van der Waals surface area contributed by atoms with Gasteiger partial charge in [-0.25, -0.2) is 13.1 Å². The van der Waals surface area contributed by atoms with E-state index in [0.717, 1.165) is 36.6 Å². The number of allylic oxidation sites excluding steroid dienone is 2. The highest BCUT2D eigenvalue weighted by molar-refractivity contribution is 9.10. The molecule has 27 heavy (non-hydrogen) atoms. The first-order chi connectivity index (χ1) is 12.8. The lowest BCUT2D eigenvalue weighted by Gasteiger charge is -2.13. The average molecular weight is 458 g/mol. The summed E-state index contributed by atoms with van der Waals surface area (Å²) >= 11 is 3.31.